The molecule has 0 aliphatic carbocycles. The first-order chi connectivity index (χ1) is 9.43. The Balaban J connectivity index is 2.69. The lowest BCUT2D eigenvalue weighted by molar-refractivity contribution is -0.140. The molecule has 0 fully saturated rings. The van der Waals surface area contributed by atoms with E-state index >= 15 is 0 Å². The minimum absolute atomic E-state index is 0.160. The lowest BCUT2D eigenvalue weighted by Gasteiger charge is -2.13. The van der Waals surface area contributed by atoms with Crippen LogP contribution in [0.4, 0.5) is 0 Å². The van der Waals surface area contributed by atoms with E-state index < -0.39 is 23.9 Å². The van der Waals surface area contributed by atoms with Gasteiger partial charge in [-0.25, -0.2) is 9.78 Å². The molecule has 1 heterocycles. The Morgan fingerprint density at radius 3 is 2.50 bits per heavy atom. The first-order valence-electron chi connectivity index (χ1n) is 5.69. The normalized spacial score (nSPS) is 11.4. The highest BCUT2D eigenvalue weighted by molar-refractivity contribution is 5.96. The SMILES string of the molecule is COc1ccc(C(=O)N[C@@H](CCC(=O)O)C(=O)O)cn1. The lowest BCUT2D eigenvalue weighted by atomic mass is 10.1. The van der Waals surface area contributed by atoms with E-state index in [0.717, 1.165) is 0 Å². The molecule has 108 valence electrons. The second-order valence-electron chi connectivity index (χ2n) is 3.89. The Bertz CT molecular complexity index is 499. The van der Waals surface area contributed by atoms with Gasteiger partial charge in [0, 0.05) is 18.7 Å². The average molecular weight is 282 g/mol. The second-order valence-corrected chi connectivity index (χ2v) is 3.89. The number of amides is 1. The fourth-order valence-corrected chi connectivity index (χ4v) is 1.40. The number of carboxylic acids is 2. The predicted octanol–water partition coefficient (Wildman–Crippen LogP) is 0.138. The van der Waals surface area contributed by atoms with E-state index in [1.807, 2.05) is 0 Å². The van der Waals surface area contributed by atoms with E-state index in [4.69, 9.17) is 14.9 Å². The third-order valence-corrected chi connectivity index (χ3v) is 2.46. The van der Waals surface area contributed by atoms with Crippen molar-refractivity contribution in [3.8, 4) is 5.88 Å². The zero-order chi connectivity index (χ0) is 15.1. The molecule has 1 aromatic heterocycles. The van der Waals surface area contributed by atoms with Gasteiger partial charge in [-0.15, -0.1) is 0 Å². The van der Waals surface area contributed by atoms with E-state index in [1.165, 1.54) is 25.4 Å². The highest BCUT2D eigenvalue weighted by Crippen LogP contribution is 2.07. The number of aliphatic carboxylic acids is 2. The Hall–Kier alpha value is -2.64. The van der Waals surface area contributed by atoms with Crippen LogP contribution in [0.1, 0.15) is 23.2 Å². The van der Waals surface area contributed by atoms with Crippen LogP contribution in [0.3, 0.4) is 0 Å². The molecule has 0 saturated carbocycles. The average Bonchev–Trinajstić information content (AvgIpc) is 2.42. The Morgan fingerprint density at radius 1 is 1.35 bits per heavy atom. The molecule has 0 saturated heterocycles. The second kappa shape index (κ2) is 7.07. The first-order valence-corrected chi connectivity index (χ1v) is 5.69. The zero-order valence-electron chi connectivity index (χ0n) is 10.7. The van der Waals surface area contributed by atoms with Crippen molar-refractivity contribution in [2.75, 3.05) is 7.11 Å². The van der Waals surface area contributed by atoms with Gasteiger partial charge in [0.15, 0.2) is 0 Å². The molecule has 8 heteroatoms. The summed E-state index contributed by atoms with van der Waals surface area (Å²) in [7, 11) is 1.43. The largest absolute Gasteiger partial charge is 0.481 e. The summed E-state index contributed by atoms with van der Waals surface area (Å²) in [6.07, 6.45) is 0.697. The Kier molecular flexibility index (Phi) is 5.45. The van der Waals surface area contributed by atoms with E-state index in [9.17, 15) is 14.4 Å². The number of rotatable bonds is 7. The number of pyridine rings is 1. The van der Waals surface area contributed by atoms with Crippen LogP contribution in [-0.4, -0.2) is 46.2 Å². The van der Waals surface area contributed by atoms with Gasteiger partial charge < -0.3 is 20.3 Å². The van der Waals surface area contributed by atoms with Crippen LogP contribution in [-0.2, 0) is 9.59 Å². The molecule has 1 amide bonds. The fourth-order valence-electron chi connectivity index (χ4n) is 1.40. The number of nitrogens with zero attached hydrogens (tertiary/aromatic N) is 1. The first kappa shape index (κ1) is 15.4. The van der Waals surface area contributed by atoms with Crippen LogP contribution in [0, 0.1) is 0 Å². The van der Waals surface area contributed by atoms with Gasteiger partial charge in [-0.05, 0) is 12.5 Å². The molecule has 0 aliphatic rings. The monoisotopic (exact) mass is 282 g/mol. The van der Waals surface area contributed by atoms with Crippen molar-refractivity contribution < 1.29 is 29.3 Å². The minimum atomic E-state index is -1.29. The molecule has 0 bridgehead atoms. The van der Waals surface area contributed by atoms with Crippen LogP contribution in [0.5, 0.6) is 5.88 Å². The number of ether oxygens (including phenoxy) is 1. The standard InChI is InChI=1S/C12H14N2O6/c1-20-9-4-2-7(6-13-9)11(17)14-8(12(18)19)3-5-10(15)16/h2,4,6,8H,3,5H2,1H3,(H,14,17)(H,15,16)(H,18,19)/t8-/m0/s1. The molecule has 1 rings (SSSR count). The summed E-state index contributed by atoms with van der Waals surface area (Å²) < 4.78 is 4.83. The van der Waals surface area contributed by atoms with Crippen molar-refractivity contribution in [3.05, 3.63) is 23.9 Å². The number of carbonyl (C=O) groups is 3. The molecule has 1 aromatic rings. The van der Waals surface area contributed by atoms with Gasteiger partial charge >= 0.3 is 11.9 Å². The lowest BCUT2D eigenvalue weighted by Crippen LogP contribution is -2.41. The summed E-state index contributed by atoms with van der Waals surface area (Å²) in [5, 5.41) is 19.7. The van der Waals surface area contributed by atoms with E-state index in [-0.39, 0.29) is 18.4 Å². The highest BCUT2D eigenvalue weighted by atomic mass is 16.5. The number of nitrogens with one attached hydrogen (secondary N) is 1. The number of hydrogen-bond donors (Lipinski definition) is 3. The van der Waals surface area contributed by atoms with Crippen molar-refractivity contribution in [1.29, 1.82) is 0 Å². The molecule has 0 spiro atoms. The van der Waals surface area contributed by atoms with Crippen molar-refractivity contribution in [2.24, 2.45) is 0 Å². The summed E-state index contributed by atoms with van der Waals surface area (Å²) in [5.41, 5.74) is 0.160. The van der Waals surface area contributed by atoms with Gasteiger partial charge in [0.05, 0.1) is 12.7 Å². The molecule has 20 heavy (non-hydrogen) atoms. The summed E-state index contributed by atoms with van der Waals surface area (Å²) in [6.45, 7) is 0. The number of hydrogen-bond acceptors (Lipinski definition) is 5. The number of aromatic nitrogens is 1. The molecule has 0 unspecified atom stereocenters. The maximum atomic E-state index is 11.8. The summed E-state index contributed by atoms with van der Waals surface area (Å²) in [6, 6.07) is 1.62. The minimum Gasteiger partial charge on any atom is -0.481 e. The Labute approximate surface area is 114 Å². The molecule has 0 radical (unpaired) electrons. The van der Waals surface area contributed by atoms with Crippen LogP contribution in [0.15, 0.2) is 18.3 Å². The van der Waals surface area contributed by atoms with Gasteiger partial charge in [0.1, 0.15) is 6.04 Å². The number of methoxy groups -OCH3 is 1. The van der Waals surface area contributed by atoms with Gasteiger partial charge in [0.2, 0.25) is 5.88 Å². The molecule has 1 atom stereocenters. The predicted molar refractivity (Wildman–Crippen MR) is 66.5 cm³/mol. The Morgan fingerprint density at radius 2 is 2.05 bits per heavy atom. The van der Waals surface area contributed by atoms with Crippen LogP contribution in [0.25, 0.3) is 0 Å². The molecular formula is C12H14N2O6. The van der Waals surface area contributed by atoms with Gasteiger partial charge in [0.25, 0.3) is 5.91 Å². The highest BCUT2D eigenvalue weighted by Gasteiger charge is 2.21. The topological polar surface area (TPSA) is 126 Å². The third kappa shape index (κ3) is 4.56. The van der Waals surface area contributed by atoms with Crippen molar-refractivity contribution >= 4 is 17.8 Å². The van der Waals surface area contributed by atoms with Gasteiger partial charge in [-0.1, -0.05) is 0 Å². The molecule has 0 aromatic carbocycles. The number of carboxylic acid groups (broad SMARTS) is 2. The number of carbonyl (C=O) groups excluding carboxylic acids is 1. The maximum Gasteiger partial charge on any atom is 0.326 e. The van der Waals surface area contributed by atoms with E-state index in [1.54, 1.807) is 0 Å². The maximum absolute atomic E-state index is 11.8. The zero-order valence-corrected chi connectivity index (χ0v) is 10.7. The van der Waals surface area contributed by atoms with E-state index in [0.29, 0.717) is 5.88 Å². The van der Waals surface area contributed by atoms with Crippen LogP contribution in [0.2, 0.25) is 0 Å². The molecule has 0 aliphatic heterocycles. The summed E-state index contributed by atoms with van der Waals surface area (Å²) in [4.78, 5) is 37.0. The van der Waals surface area contributed by atoms with Crippen LogP contribution >= 0.6 is 0 Å². The smallest absolute Gasteiger partial charge is 0.326 e. The molecule has 3 N–H and O–H groups in total. The fraction of sp³-hybridized carbons (Fsp3) is 0.333. The van der Waals surface area contributed by atoms with E-state index in [2.05, 4.69) is 10.3 Å². The quantitative estimate of drug-likeness (QED) is 0.649. The van der Waals surface area contributed by atoms with Crippen molar-refractivity contribution in [2.45, 2.75) is 18.9 Å². The van der Waals surface area contributed by atoms with Crippen LogP contribution < -0.4 is 10.1 Å². The van der Waals surface area contributed by atoms with Gasteiger partial charge in [-0.2, -0.15) is 0 Å². The summed E-state index contributed by atoms with van der Waals surface area (Å²) >= 11 is 0. The molecule has 8 nitrogen and oxygen atoms in total. The van der Waals surface area contributed by atoms with Crippen molar-refractivity contribution in [1.82, 2.24) is 10.3 Å². The van der Waals surface area contributed by atoms with Crippen molar-refractivity contribution in [3.63, 3.8) is 0 Å². The molecular weight excluding hydrogens is 268 g/mol. The van der Waals surface area contributed by atoms with Gasteiger partial charge in [-0.3, -0.25) is 9.59 Å². The third-order valence-electron chi connectivity index (χ3n) is 2.46. The summed E-state index contributed by atoms with van der Waals surface area (Å²) in [5.74, 6) is -2.74.